The predicted molar refractivity (Wildman–Crippen MR) is 68.0 cm³/mol. The van der Waals surface area contributed by atoms with Crippen LogP contribution in [-0.4, -0.2) is 16.6 Å². The lowest BCUT2D eigenvalue weighted by atomic mass is 10.0. The van der Waals surface area contributed by atoms with E-state index in [-0.39, 0.29) is 23.2 Å². The maximum atomic E-state index is 10.7. The molecule has 1 N–H and O–H groups in total. The van der Waals surface area contributed by atoms with Crippen LogP contribution in [0.1, 0.15) is 19.4 Å². The van der Waals surface area contributed by atoms with Gasteiger partial charge in [-0.25, -0.2) is 0 Å². The van der Waals surface area contributed by atoms with Crippen molar-refractivity contribution >= 4 is 23.4 Å². The molecule has 0 spiro atoms. The van der Waals surface area contributed by atoms with Crippen molar-refractivity contribution in [3.63, 3.8) is 0 Å². The second kappa shape index (κ2) is 5.80. The van der Waals surface area contributed by atoms with E-state index in [1.807, 2.05) is 13.8 Å². The van der Waals surface area contributed by atoms with Crippen molar-refractivity contribution in [2.45, 2.75) is 13.8 Å². The van der Waals surface area contributed by atoms with Crippen LogP contribution in [-0.2, 0) is 0 Å². The van der Waals surface area contributed by atoms with Gasteiger partial charge in [-0.05, 0) is 23.1 Å². The van der Waals surface area contributed by atoms with Crippen molar-refractivity contribution in [2.24, 2.45) is 5.92 Å². The van der Waals surface area contributed by atoms with E-state index in [1.165, 1.54) is 12.1 Å². The Kier molecular flexibility index (Phi) is 4.66. The van der Waals surface area contributed by atoms with Gasteiger partial charge in [-0.1, -0.05) is 37.6 Å². The molecular formula is C12H14ClNO3. The number of rotatable bonds is 4. The second-order valence-electron chi connectivity index (χ2n) is 4.00. The third-order valence-electron chi connectivity index (χ3n) is 2.44. The number of nitro groups is 1. The summed E-state index contributed by atoms with van der Waals surface area (Å²) in [4.78, 5) is 10.2. The highest BCUT2D eigenvalue weighted by Crippen LogP contribution is 2.26. The summed E-state index contributed by atoms with van der Waals surface area (Å²) in [6.45, 7) is 3.84. The summed E-state index contributed by atoms with van der Waals surface area (Å²) in [6, 6.07) is 4.58. The Morgan fingerprint density at radius 1 is 1.59 bits per heavy atom. The van der Waals surface area contributed by atoms with E-state index in [1.54, 1.807) is 12.1 Å². The largest absolute Gasteiger partial charge is 0.392 e. The molecule has 0 aliphatic heterocycles. The molecule has 0 aliphatic carbocycles. The molecule has 0 aliphatic rings. The minimum atomic E-state index is -0.520. The molecule has 0 atom stereocenters. The fourth-order valence-electron chi connectivity index (χ4n) is 1.37. The topological polar surface area (TPSA) is 63.4 Å². The Hall–Kier alpha value is -1.39. The summed E-state index contributed by atoms with van der Waals surface area (Å²) in [7, 11) is 0. The highest BCUT2D eigenvalue weighted by Gasteiger charge is 2.12. The maximum Gasteiger partial charge on any atom is 0.288 e. The Morgan fingerprint density at radius 3 is 2.71 bits per heavy atom. The molecule has 0 bridgehead atoms. The van der Waals surface area contributed by atoms with Gasteiger partial charge >= 0.3 is 0 Å². The average Bonchev–Trinajstić information content (AvgIpc) is 2.27. The predicted octanol–water partition coefficient (Wildman–Crippen LogP) is 3.28. The molecule has 0 amide bonds. The van der Waals surface area contributed by atoms with Crippen LogP contribution in [0.15, 0.2) is 23.8 Å². The number of aliphatic hydroxyl groups is 1. The standard InChI is InChI=1S/C12H14ClNO3/c1-8(2)10(7-15)5-9-3-4-11(13)12(6-9)14(16)17/h3-6,8,15H,7H2,1-2H3. The summed E-state index contributed by atoms with van der Waals surface area (Å²) < 4.78 is 0. The van der Waals surface area contributed by atoms with Crippen molar-refractivity contribution in [3.8, 4) is 0 Å². The van der Waals surface area contributed by atoms with Crippen molar-refractivity contribution in [1.82, 2.24) is 0 Å². The van der Waals surface area contributed by atoms with E-state index < -0.39 is 4.92 Å². The van der Waals surface area contributed by atoms with Gasteiger partial charge in [0.1, 0.15) is 5.02 Å². The minimum Gasteiger partial charge on any atom is -0.392 e. The van der Waals surface area contributed by atoms with Crippen LogP contribution in [0.25, 0.3) is 6.08 Å². The molecule has 92 valence electrons. The van der Waals surface area contributed by atoms with Gasteiger partial charge in [0, 0.05) is 6.07 Å². The first kappa shape index (κ1) is 13.7. The number of benzene rings is 1. The van der Waals surface area contributed by atoms with Gasteiger partial charge in [0.2, 0.25) is 0 Å². The lowest BCUT2D eigenvalue weighted by molar-refractivity contribution is -0.384. The molecule has 0 unspecified atom stereocenters. The summed E-state index contributed by atoms with van der Waals surface area (Å²) in [6.07, 6.45) is 1.74. The molecule has 0 saturated heterocycles. The third kappa shape index (κ3) is 3.54. The number of aliphatic hydroxyl groups excluding tert-OH is 1. The van der Waals surface area contributed by atoms with Crippen molar-refractivity contribution in [3.05, 3.63) is 44.5 Å². The van der Waals surface area contributed by atoms with Crippen LogP contribution < -0.4 is 0 Å². The normalized spacial score (nSPS) is 11.9. The number of hydrogen-bond acceptors (Lipinski definition) is 3. The van der Waals surface area contributed by atoms with Crippen LogP contribution >= 0.6 is 11.6 Å². The summed E-state index contributed by atoms with van der Waals surface area (Å²) in [5, 5.41) is 20.0. The number of hydrogen-bond donors (Lipinski definition) is 1. The zero-order chi connectivity index (χ0) is 13.0. The fourth-order valence-corrected chi connectivity index (χ4v) is 1.55. The van der Waals surface area contributed by atoms with Crippen LogP contribution in [0.2, 0.25) is 5.02 Å². The fraction of sp³-hybridized carbons (Fsp3) is 0.333. The highest BCUT2D eigenvalue weighted by molar-refractivity contribution is 6.32. The van der Waals surface area contributed by atoms with E-state index in [4.69, 9.17) is 16.7 Å². The monoisotopic (exact) mass is 255 g/mol. The molecule has 1 rings (SSSR count). The molecule has 0 fully saturated rings. The maximum absolute atomic E-state index is 10.7. The molecule has 1 aromatic rings. The quantitative estimate of drug-likeness (QED) is 0.663. The lowest BCUT2D eigenvalue weighted by Gasteiger charge is -2.08. The van der Waals surface area contributed by atoms with E-state index >= 15 is 0 Å². The zero-order valence-corrected chi connectivity index (χ0v) is 10.4. The Bertz CT molecular complexity index is 455. The first-order chi connectivity index (χ1) is 7.95. The second-order valence-corrected chi connectivity index (χ2v) is 4.41. The number of halogens is 1. The van der Waals surface area contributed by atoms with Crippen molar-refractivity contribution in [1.29, 1.82) is 0 Å². The Morgan fingerprint density at radius 2 is 2.24 bits per heavy atom. The van der Waals surface area contributed by atoms with Gasteiger partial charge < -0.3 is 5.11 Å². The Balaban J connectivity index is 3.16. The van der Waals surface area contributed by atoms with Crippen molar-refractivity contribution in [2.75, 3.05) is 6.61 Å². The van der Waals surface area contributed by atoms with Gasteiger partial charge in [0.25, 0.3) is 5.69 Å². The van der Waals surface area contributed by atoms with E-state index in [2.05, 4.69) is 0 Å². The zero-order valence-electron chi connectivity index (χ0n) is 9.68. The molecule has 0 aromatic heterocycles. The smallest absolute Gasteiger partial charge is 0.288 e. The SMILES string of the molecule is CC(C)C(=Cc1ccc(Cl)c([N+](=O)[O-])c1)CO. The molecular weight excluding hydrogens is 242 g/mol. The highest BCUT2D eigenvalue weighted by atomic mass is 35.5. The number of nitro benzene ring substituents is 1. The Labute approximate surface area is 105 Å². The first-order valence-corrected chi connectivity index (χ1v) is 5.58. The third-order valence-corrected chi connectivity index (χ3v) is 2.76. The van der Waals surface area contributed by atoms with Gasteiger partial charge in [0.05, 0.1) is 11.5 Å². The molecule has 4 nitrogen and oxygen atoms in total. The first-order valence-electron chi connectivity index (χ1n) is 5.21. The molecule has 0 radical (unpaired) electrons. The average molecular weight is 256 g/mol. The van der Waals surface area contributed by atoms with Crippen LogP contribution in [0.3, 0.4) is 0 Å². The molecule has 1 aromatic carbocycles. The summed E-state index contributed by atoms with van der Waals surface area (Å²) in [5.41, 5.74) is 1.36. The van der Waals surface area contributed by atoms with Crippen LogP contribution in [0.4, 0.5) is 5.69 Å². The molecule has 5 heteroatoms. The summed E-state index contributed by atoms with van der Waals surface area (Å²) in [5.74, 6) is 0.190. The van der Waals surface area contributed by atoms with Crippen molar-refractivity contribution < 1.29 is 10.0 Å². The van der Waals surface area contributed by atoms with E-state index in [0.29, 0.717) is 5.56 Å². The van der Waals surface area contributed by atoms with E-state index in [0.717, 1.165) is 5.57 Å². The van der Waals surface area contributed by atoms with Gasteiger partial charge in [-0.3, -0.25) is 10.1 Å². The lowest BCUT2D eigenvalue weighted by Crippen LogP contribution is -1.99. The number of nitrogens with zero attached hydrogens (tertiary/aromatic N) is 1. The van der Waals surface area contributed by atoms with Crippen LogP contribution in [0.5, 0.6) is 0 Å². The van der Waals surface area contributed by atoms with Crippen LogP contribution in [0, 0.1) is 16.0 Å². The van der Waals surface area contributed by atoms with E-state index in [9.17, 15) is 10.1 Å². The van der Waals surface area contributed by atoms with Gasteiger partial charge in [-0.2, -0.15) is 0 Å². The molecule has 0 saturated carbocycles. The van der Waals surface area contributed by atoms with Gasteiger partial charge in [0.15, 0.2) is 0 Å². The van der Waals surface area contributed by atoms with Gasteiger partial charge in [-0.15, -0.1) is 0 Å². The minimum absolute atomic E-state index is 0.0614. The summed E-state index contributed by atoms with van der Waals surface area (Å²) >= 11 is 5.71. The molecule has 0 heterocycles. The molecule has 17 heavy (non-hydrogen) atoms.